The van der Waals surface area contributed by atoms with Crippen molar-refractivity contribution >= 4 is 28.0 Å². The van der Waals surface area contributed by atoms with Crippen LogP contribution in [0.1, 0.15) is 37.6 Å². The highest BCUT2D eigenvalue weighted by atomic mass is 32.2. The lowest BCUT2D eigenvalue weighted by Crippen LogP contribution is -2.41. The molecule has 0 fully saturated rings. The van der Waals surface area contributed by atoms with Gasteiger partial charge >= 0.3 is 0 Å². The van der Waals surface area contributed by atoms with Gasteiger partial charge in [-0.2, -0.15) is 5.10 Å². The van der Waals surface area contributed by atoms with Crippen LogP contribution >= 0.6 is 0 Å². The average Bonchev–Trinajstić information content (AvgIpc) is 3.03. The van der Waals surface area contributed by atoms with Gasteiger partial charge < -0.3 is 0 Å². The van der Waals surface area contributed by atoms with Gasteiger partial charge in [0.2, 0.25) is 5.96 Å². The third-order valence-corrected chi connectivity index (χ3v) is 5.04. The van der Waals surface area contributed by atoms with Gasteiger partial charge in [0.05, 0.1) is 11.4 Å². The quantitative estimate of drug-likeness (QED) is 0.498. The summed E-state index contributed by atoms with van der Waals surface area (Å²) >= 11 is 0. The molecule has 0 bridgehead atoms. The van der Waals surface area contributed by atoms with Crippen LogP contribution in [-0.2, 0) is 10.0 Å². The molecule has 1 unspecified atom stereocenters. The average molecular weight is 350 g/mol. The van der Waals surface area contributed by atoms with Crippen LogP contribution in [0.3, 0.4) is 0 Å². The fraction of sp³-hybridized carbons (Fsp3) is 0.438. The van der Waals surface area contributed by atoms with E-state index in [0.717, 1.165) is 6.42 Å². The van der Waals surface area contributed by atoms with Crippen LogP contribution in [0.5, 0.6) is 0 Å². The number of ketones is 1. The van der Waals surface area contributed by atoms with Gasteiger partial charge in [0.1, 0.15) is 0 Å². The van der Waals surface area contributed by atoms with Crippen LogP contribution in [0, 0.1) is 5.92 Å². The van der Waals surface area contributed by atoms with Crippen molar-refractivity contribution < 1.29 is 13.2 Å². The van der Waals surface area contributed by atoms with Crippen molar-refractivity contribution in [2.24, 2.45) is 16.0 Å². The van der Waals surface area contributed by atoms with Crippen LogP contribution in [0.25, 0.3) is 0 Å². The lowest BCUT2D eigenvalue weighted by Gasteiger charge is -2.19. The number of sulfonamides is 1. The SMILES string of the molecule is CCN=C(NS(=O)(=O)c1ccc(C(C)=O)cc1)N1CC(CC)C=N1. The summed E-state index contributed by atoms with van der Waals surface area (Å²) in [6.07, 6.45) is 2.74. The van der Waals surface area contributed by atoms with Gasteiger partial charge in [-0.3, -0.25) is 9.79 Å². The number of rotatable bonds is 5. The minimum Gasteiger partial charge on any atom is -0.295 e. The standard InChI is InChI=1S/C16H22N4O3S/c1-4-13-10-18-20(11-13)16(17-5-2)19-24(22,23)15-8-6-14(7-9-15)12(3)21/h6-10,13H,4-5,11H2,1-3H3,(H,17,19). The van der Waals surface area contributed by atoms with Gasteiger partial charge in [-0.15, -0.1) is 0 Å². The summed E-state index contributed by atoms with van der Waals surface area (Å²) in [5, 5.41) is 5.80. The fourth-order valence-corrected chi connectivity index (χ4v) is 3.25. The van der Waals surface area contributed by atoms with Gasteiger partial charge in [0.25, 0.3) is 10.0 Å². The molecule has 1 aromatic carbocycles. The zero-order valence-electron chi connectivity index (χ0n) is 14.1. The van der Waals surface area contributed by atoms with Crippen molar-refractivity contribution in [1.29, 1.82) is 0 Å². The molecule has 0 aromatic heterocycles. The van der Waals surface area contributed by atoms with E-state index >= 15 is 0 Å². The second-order valence-electron chi connectivity index (χ2n) is 5.50. The molecule has 7 nitrogen and oxygen atoms in total. The first-order chi connectivity index (χ1) is 11.4. The Morgan fingerprint density at radius 3 is 2.50 bits per heavy atom. The molecule has 2 rings (SSSR count). The van der Waals surface area contributed by atoms with E-state index in [4.69, 9.17) is 0 Å². The molecule has 1 aliphatic rings. The van der Waals surface area contributed by atoms with Crippen LogP contribution in [0.15, 0.2) is 39.3 Å². The maximum absolute atomic E-state index is 12.6. The summed E-state index contributed by atoms with van der Waals surface area (Å²) in [6.45, 7) is 6.35. The van der Waals surface area contributed by atoms with E-state index in [1.54, 1.807) is 11.2 Å². The van der Waals surface area contributed by atoms with Gasteiger partial charge in [-0.1, -0.05) is 19.1 Å². The summed E-state index contributed by atoms with van der Waals surface area (Å²) in [5.41, 5.74) is 0.464. The first-order valence-electron chi connectivity index (χ1n) is 7.87. The molecule has 1 aromatic rings. The molecule has 0 amide bonds. The number of hydrazone groups is 1. The summed E-state index contributed by atoms with van der Waals surface area (Å²) in [5.74, 6) is 0.379. The van der Waals surface area contributed by atoms with Crippen LogP contribution in [-0.4, -0.2) is 44.5 Å². The third kappa shape index (κ3) is 4.19. The van der Waals surface area contributed by atoms with Gasteiger partial charge in [-0.25, -0.2) is 18.1 Å². The molecular weight excluding hydrogens is 328 g/mol. The normalized spacial score (nSPS) is 18.0. The second-order valence-corrected chi connectivity index (χ2v) is 7.18. The number of carbonyl (C=O) groups is 1. The fourth-order valence-electron chi connectivity index (χ4n) is 2.23. The van der Waals surface area contributed by atoms with Crippen molar-refractivity contribution in [2.75, 3.05) is 13.1 Å². The van der Waals surface area contributed by atoms with Crippen LogP contribution in [0.4, 0.5) is 0 Å². The zero-order valence-corrected chi connectivity index (χ0v) is 14.9. The molecule has 0 radical (unpaired) electrons. The van der Waals surface area contributed by atoms with Gasteiger partial charge in [0.15, 0.2) is 5.78 Å². The van der Waals surface area contributed by atoms with E-state index < -0.39 is 10.0 Å². The third-order valence-electron chi connectivity index (χ3n) is 3.70. The highest BCUT2D eigenvalue weighted by Crippen LogP contribution is 2.14. The summed E-state index contributed by atoms with van der Waals surface area (Å²) in [4.78, 5) is 15.6. The molecule has 1 heterocycles. The maximum atomic E-state index is 12.6. The predicted octanol–water partition coefficient (Wildman–Crippen LogP) is 1.87. The summed E-state index contributed by atoms with van der Waals surface area (Å²) in [6, 6.07) is 5.80. The first-order valence-corrected chi connectivity index (χ1v) is 9.35. The Bertz CT molecular complexity index is 754. The van der Waals surface area contributed by atoms with E-state index in [1.807, 2.05) is 6.92 Å². The molecule has 0 aliphatic carbocycles. The number of guanidine groups is 1. The maximum Gasteiger partial charge on any atom is 0.264 e. The Balaban J connectivity index is 2.20. The Hall–Kier alpha value is -2.22. The predicted molar refractivity (Wildman–Crippen MR) is 93.7 cm³/mol. The summed E-state index contributed by atoms with van der Waals surface area (Å²) in [7, 11) is -3.79. The van der Waals surface area contributed by atoms with Crippen molar-refractivity contribution in [3.8, 4) is 0 Å². The second kappa shape index (κ2) is 7.57. The van der Waals surface area contributed by atoms with E-state index in [-0.39, 0.29) is 22.6 Å². The number of hydrogen-bond donors (Lipinski definition) is 1. The van der Waals surface area contributed by atoms with E-state index in [2.05, 4.69) is 21.7 Å². The Labute approximate surface area is 142 Å². The van der Waals surface area contributed by atoms with Gasteiger partial charge in [-0.05, 0) is 32.4 Å². The lowest BCUT2D eigenvalue weighted by molar-refractivity contribution is 0.101. The number of nitrogens with zero attached hydrogens (tertiary/aromatic N) is 3. The number of benzene rings is 1. The smallest absolute Gasteiger partial charge is 0.264 e. The molecule has 0 saturated heterocycles. The van der Waals surface area contributed by atoms with E-state index in [0.29, 0.717) is 18.7 Å². The highest BCUT2D eigenvalue weighted by molar-refractivity contribution is 7.90. The molecule has 24 heavy (non-hydrogen) atoms. The molecule has 130 valence electrons. The molecule has 1 atom stereocenters. The minimum atomic E-state index is -3.79. The summed E-state index contributed by atoms with van der Waals surface area (Å²) < 4.78 is 27.6. The molecule has 1 N–H and O–H groups in total. The largest absolute Gasteiger partial charge is 0.295 e. The zero-order chi connectivity index (χ0) is 17.7. The Morgan fingerprint density at radius 1 is 1.33 bits per heavy atom. The molecule has 0 saturated carbocycles. The number of nitrogens with one attached hydrogen (secondary N) is 1. The number of aliphatic imine (C=N–C) groups is 1. The van der Waals surface area contributed by atoms with Crippen molar-refractivity contribution in [2.45, 2.75) is 32.1 Å². The lowest BCUT2D eigenvalue weighted by atomic mass is 10.1. The van der Waals surface area contributed by atoms with E-state index in [1.165, 1.54) is 31.2 Å². The number of Topliss-reactive ketones (excluding diaryl/α,β-unsaturated/α-hetero) is 1. The minimum absolute atomic E-state index is 0.0755. The van der Waals surface area contributed by atoms with Gasteiger partial charge in [0, 0.05) is 24.2 Å². The molecular formula is C16H22N4O3S. The van der Waals surface area contributed by atoms with Crippen molar-refractivity contribution in [3.05, 3.63) is 29.8 Å². The van der Waals surface area contributed by atoms with Crippen LogP contribution < -0.4 is 4.72 Å². The van der Waals surface area contributed by atoms with E-state index in [9.17, 15) is 13.2 Å². The first kappa shape index (κ1) is 18.1. The van der Waals surface area contributed by atoms with Crippen molar-refractivity contribution in [1.82, 2.24) is 9.73 Å². The topological polar surface area (TPSA) is 91.2 Å². The number of hydrogen-bond acceptors (Lipinski definition) is 5. The van der Waals surface area contributed by atoms with Crippen molar-refractivity contribution in [3.63, 3.8) is 0 Å². The Morgan fingerprint density at radius 2 is 2.00 bits per heavy atom. The van der Waals surface area contributed by atoms with Crippen LogP contribution in [0.2, 0.25) is 0 Å². The number of carbonyl (C=O) groups excluding carboxylic acids is 1. The molecule has 1 aliphatic heterocycles. The molecule has 8 heteroatoms. The highest BCUT2D eigenvalue weighted by Gasteiger charge is 2.24. The Kier molecular flexibility index (Phi) is 5.71. The molecule has 0 spiro atoms. The monoisotopic (exact) mass is 350 g/mol.